The number of H-pyrrole nitrogens is 1. The number of hydrogen-bond donors (Lipinski definition) is 1. The molecule has 6 aromatic rings. The molecule has 156 valence electrons. The second-order valence-corrected chi connectivity index (χ2v) is 8.43. The normalized spacial score (nSPS) is 11.7. The molecule has 2 heterocycles. The van der Waals surface area contributed by atoms with Crippen LogP contribution in [0.5, 0.6) is 0 Å². The fourth-order valence-corrected chi connectivity index (χ4v) is 4.70. The Morgan fingerprint density at radius 2 is 1.44 bits per heavy atom. The van der Waals surface area contributed by atoms with Crippen LogP contribution in [0.3, 0.4) is 0 Å². The molecule has 0 radical (unpaired) electrons. The lowest BCUT2D eigenvalue weighted by Gasteiger charge is -2.07. The summed E-state index contributed by atoms with van der Waals surface area (Å²) >= 11 is 0. The summed E-state index contributed by atoms with van der Waals surface area (Å²) in [6, 6.07) is 32.5. The van der Waals surface area contributed by atoms with E-state index in [0.29, 0.717) is 0 Å². The van der Waals surface area contributed by atoms with Crippen LogP contribution in [0.4, 0.5) is 0 Å². The van der Waals surface area contributed by atoms with Gasteiger partial charge in [0, 0.05) is 33.9 Å². The van der Waals surface area contributed by atoms with Crippen molar-refractivity contribution in [1.29, 1.82) is 0 Å². The van der Waals surface area contributed by atoms with E-state index in [1.165, 1.54) is 45.8 Å². The molecule has 0 bridgehead atoms. The van der Waals surface area contributed by atoms with Crippen LogP contribution < -0.4 is 0 Å². The molecule has 0 saturated heterocycles. The first-order valence-corrected chi connectivity index (χ1v) is 11.4. The average molecular weight is 416 g/mol. The lowest BCUT2D eigenvalue weighted by atomic mass is 10.0. The molecule has 6 rings (SSSR count). The van der Waals surface area contributed by atoms with Crippen molar-refractivity contribution in [2.75, 3.05) is 0 Å². The number of aromatic nitrogens is 3. The van der Waals surface area contributed by atoms with Gasteiger partial charge >= 0.3 is 0 Å². The Hall–Kier alpha value is -3.85. The van der Waals surface area contributed by atoms with Crippen LogP contribution in [0.25, 0.3) is 55.4 Å². The second-order valence-electron chi connectivity index (χ2n) is 8.43. The Bertz CT molecular complexity index is 1520. The molecule has 32 heavy (non-hydrogen) atoms. The van der Waals surface area contributed by atoms with Gasteiger partial charge in [0.25, 0.3) is 0 Å². The highest BCUT2D eigenvalue weighted by atomic mass is 15.0. The molecule has 0 spiro atoms. The Kier molecular flexibility index (Phi) is 4.53. The van der Waals surface area contributed by atoms with E-state index in [0.717, 1.165) is 29.0 Å². The number of nitrogens with one attached hydrogen (secondary N) is 1. The molecule has 0 saturated carbocycles. The third kappa shape index (κ3) is 3.09. The first-order valence-electron chi connectivity index (χ1n) is 11.4. The number of nitrogens with zero attached hydrogens (tertiary/aromatic N) is 2. The smallest absolute Gasteiger partial charge is 0.138 e. The van der Waals surface area contributed by atoms with Gasteiger partial charge in [0.15, 0.2) is 0 Å². The number of imidazole rings is 1. The SMILES string of the molecule is CCCCn1c2ccccc2c2cc(-c3ccc(-c4nc5ccccc5[nH]4)cc3)ccc21. The summed E-state index contributed by atoms with van der Waals surface area (Å²) in [4.78, 5) is 8.15. The minimum absolute atomic E-state index is 0.909. The van der Waals surface area contributed by atoms with Crippen molar-refractivity contribution < 1.29 is 0 Å². The minimum atomic E-state index is 0.909. The topological polar surface area (TPSA) is 33.6 Å². The summed E-state index contributed by atoms with van der Waals surface area (Å²) in [6.07, 6.45) is 2.39. The van der Waals surface area contributed by atoms with E-state index in [1.54, 1.807) is 0 Å². The van der Waals surface area contributed by atoms with Gasteiger partial charge < -0.3 is 9.55 Å². The second kappa shape index (κ2) is 7.69. The number of hydrogen-bond acceptors (Lipinski definition) is 1. The van der Waals surface area contributed by atoms with Crippen molar-refractivity contribution in [3.05, 3.63) is 91.0 Å². The number of para-hydroxylation sites is 3. The van der Waals surface area contributed by atoms with E-state index in [2.05, 4.69) is 89.3 Å². The van der Waals surface area contributed by atoms with Crippen LogP contribution in [0.2, 0.25) is 0 Å². The van der Waals surface area contributed by atoms with Crippen molar-refractivity contribution in [3.63, 3.8) is 0 Å². The number of benzene rings is 4. The summed E-state index contributed by atoms with van der Waals surface area (Å²) in [5, 5.41) is 2.66. The quantitative estimate of drug-likeness (QED) is 0.306. The largest absolute Gasteiger partial charge is 0.340 e. The molecule has 2 aromatic heterocycles. The van der Waals surface area contributed by atoms with E-state index in [9.17, 15) is 0 Å². The molecule has 3 heteroatoms. The van der Waals surface area contributed by atoms with E-state index in [4.69, 9.17) is 4.98 Å². The van der Waals surface area contributed by atoms with E-state index < -0.39 is 0 Å². The molecule has 0 amide bonds. The van der Waals surface area contributed by atoms with Gasteiger partial charge in [-0.05, 0) is 47.9 Å². The van der Waals surface area contributed by atoms with Gasteiger partial charge in [-0.2, -0.15) is 0 Å². The maximum Gasteiger partial charge on any atom is 0.138 e. The molecular formula is C29H25N3. The number of rotatable bonds is 5. The summed E-state index contributed by atoms with van der Waals surface area (Å²) < 4.78 is 2.47. The molecule has 0 aliphatic rings. The number of aryl methyl sites for hydroxylation is 1. The van der Waals surface area contributed by atoms with Gasteiger partial charge in [0.2, 0.25) is 0 Å². The van der Waals surface area contributed by atoms with Gasteiger partial charge in [0.05, 0.1) is 11.0 Å². The van der Waals surface area contributed by atoms with Crippen molar-refractivity contribution >= 4 is 32.8 Å². The number of aromatic amines is 1. The van der Waals surface area contributed by atoms with Crippen LogP contribution in [-0.4, -0.2) is 14.5 Å². The standard InChI is InChI=1S/C29H25N3/c1-2-3-18-32-27-11-7-4-8-23(27)24-19-22(16-17-28(24)32)20-12-14-21(15-13-20)29-30-25-9-5-6-10-26(25)31-29/h4-17,19H,2-3,18H2,1H3,(H,30,31). The number of unbranched alkanes of at least 4 members (excludes halogenated alkanes) is 1. The van der Waals surface area contributed by atoms with E-state index in [-0.39, 0.29) is 0 Å². The molecule has 0 aliphatic heterocycles. The Morgan fingerprint density at radius 1 is 0.719 bits per heavy atom. The highest BCUT2D eigenvalue weighted by molar-refractivity contribution is 6.09. The summed E-state index contributed by atoms with van der Waals surface area (Å²) in [5.74, 6) is 0.909. The van der Waals surface area contributed by atoms with Crippen LogP contribution in [0, 0.1) is 0 Å². The highest BCUT2D eigenvalue weighted by Crippen LogP contribution is 2.33. The minimum Gasteiger partial charge on any atom is -0.340 e. The third-order valence-electron chi connectivity index (χ3n) is 6.39. The van der Waals surface area contributed by atoms with Gasteiger partial charge in [-0.1, -0.05) is 74.0 Å². The zero-order chi connectivity index (χ0) is 21.5. The average Bonchev–Trinajstić information content (AvgIpc) is 3.42. The van der Waals surface area contributed by atoms with Gasteiger partial charge in [-0.15, -0.1) is 0 Å². The monoisotopic (exact) mass is 415 g/mol. The Balaban J connectivity index is 1.41. The van der Waals surface area contributed by atoms with Crippen molar-refractivity contribution in [1.82, 2.24) is 14.5 Å². The molecule has 0 fully saturated rings. The van der Waals surface area contributed by atoms with Gasteiger partial charge in [-0.25, -0.2) is 4.98 Å². The first kappa shape index (κ1) is 18.9. The molecule has 0 unspecified atom stereocenters. The molecular weight excluding hydrogens is 390 g/mol. The van der Waals surface area contributed by atoms with Crippen LogP contribution in [0.15, 0.2) is 91.0 Å². The maximum atomic E-state index is 4.73. The van der Waals surface area contributed by atoms with Crippen LogP contribution in [0.1, 0.15) is 19.8 Å². The molecule has 3 nitrogen and oxygen atoms in total. The summed E-state index contributed by atoms with van der Waals surface area (Å²) in [6.45, 7) is 3.31. The lowest BCUT2D eigenvalue weighted by Crippen LogP contribution is -1.96. The Morgan fingerprint density at radius 3 is 2.28 bits per heavy atom. The number of fused-ring (bicyclic) bond motifs is 4. The molecule has 0 atom stereocenters. The zero-order valence-electron chi connectivity index (χ0n) is 18.2. The van der Waals surface area contributed by atoms with Crippen LogP contribution in [-0.2, 0) is 6.54 Å². The zero-order valence-corrected chi connectivity index (χ0v) is 18.2. The molecule has 0 aliphatic carbocycles. The molecule has 1 N–H and O–H groups in total. The third-order valence-corrected chi connectivity index (χ3v) is 6.39. The summed E-state index contributed by atoms with van der Waals surface area (Å²) in [7, 11) is 0. The lowest BCUT2D eigenvalue weighted by molar-refractivity contribution is 0.665. The predicted octanol–water partition coefficient (Wildman–Crippen LogP) is 7.80. The van der Waals surface area contributed by atoms with Crippen molar-refractivity contribution in [3.8, 4) is 22.5 Å². The van der Waals surface area contributed by atoms with E-state index in [1.807, 2.05) is 18.2 Å². The van der Waals surface area contributed by atoms with Crippen molar-refractivity contribution in [2.24, 2.45) is 0 Å². The summed E-state index contributed by atoms with van der Waals surface area (Å²) in [5.41, 5.74) is 8.27. The van der Waals surface area contributed by atoms with E-state index >= 15 is 0 Å². The van der Waals surface area contributed by atoms with Crippen molar-refractivity contribution in [2.45, 2.75) is 26.3 Å². The molecule has 4 aromatic carbocycles. The van der Waals surface area contributed by atoms with Gasteiger partial charge in [0.1, 0.15) is 5.82 Å². The predicted molar refractivity (Wildman–Crippen MR) is 135 cm³/mol. The fraction of sp³-hybridized carbons (Fsp3) is 0.138. The van der Waals surface area contributed by atoms with Gasteiger partial charge in [-0.3, -0.25) is 0 Å². The highest BCUT2D eigenvalue weighted by Gasteiger charge is 2.12. The Labute approximate surface area is 187 Å². The van der Waals surface area contributed by atoms with Crippen LogP contribution >= 0.6 is 0 Å². The fourth-order valence-electron chi connectivity index (χ4n) is 4.70. The first-order chi connectivity index (χ1) is 15.8. The maximum absolute atomic E-state index is 4.73.